The van der Waals surface area contributed by atoms with E-state index < -0.39 is 0 Å². The zero-order chi connectivity index (χ0) is 12.7. The third-order valence-electron chi connectivity index (χ3n) is 4.34. The Morgan fingerprint density at radius 2 is 2.17 bits per heavy atom. The molecule has 0 radical (unpaired) electrons. The molecule has 1 N–H and O–H groups in total. The van der Waals surface area contributed by atoms with Gasteiger partial charge in [0.15, 0.2) is 0 Å². The molecule has 2 aliphatic carbocycles. The van der Waals surface area contributed by atoms with Crippen molar-refractivity contribution >= 4 is 38.9 Å². The van der Waals surface area contributed by atoms with Crippen molar-refractivity contribution in [2.75, 3.05) is 6.54 Å². The van der Waals surface area contributed by atoms with E-state index in [9.17, 15) is 0 Å². The molecule has 0 bridgehead atoms. The van der Waals surface area contributed by atoms with E-state index in [2.05, 4.69) is 34.2 Å². The van der Waals surface area contributed by atoms with Crippen LogP contribution in [0.5, 0.6) is 0 Å². The maximum atomic E-state index is 6.19. The van der Waals surface area contributed by atoms with Crippen LogP contribution >= 0.6 is 38.9 Å². The largest absolute Gasteiger partial charge is 0.309 e. The second kappa shape index (κ2) is 5.43. The zero-order valence-electron chi connectivity index (χ0n) is 10.6. The van der Waals surface area contributed by atoms with Gasteiger partial charge in [-0.15, -0.1) is 11.3 Å². The minimum atomic E-state index is 0.520. The highest BCUT2D eigenvalue weighted by Gasteiger charge is 2.48. The summed E-state index contributed by atoms with van der Waals surface area (Å²) in [5.74, 6) is 2.90. The van der Waals surface area contributed by atoms with E-state index in [1.165, 1.54) is 30.6 Å². The number of rotatable bonds is 5. The Morgan fingerprint density at radius 1 is 1.44 bits per heavy atom. The van der Waals surface area contributed by atoms with E-state index in [-0.39, 0.29) is 0 Å². The van der Waals surface area contributed by atoms with Gasteiger partial charge in [0.05, 0.1) is 8.81 Å². The van der Waals surface area contributed by atoms with Gasteiger partial charge in [-0.1, -0.05) is 18.5 Å². The summed E-state index contributed by atoms with van der Waals surface area (Å²) < 4.78 is 1.07. The van der Waals surface area contributed by atoms with Crippen molar-refractivity contribution < 1.29 is 0 Å². The first-order chi connectivity index (χ1) is 8.69. The minimum absolute atomic E-state index is 0.520. The maximum absolute atomic E-state index is 6.19. The van der Waals surface area contributed by atoms with Crippen molar-refractivity contribution in [3.8, 4) is 0 Å². The lowest BCUT2D eigenvalue weighted by Gasteiger charge is -2.25. The molecule has 0 aromatic carbocycles. The van der Waals surface area contributed by atoms with E-state index in [1.54, 1.807) is 11.3 Å². The highest BCUT2D eigenvalue weighted by atomic mass is 79.9. The van der Waals surface area contributed by atoms with Crippen molar-refractivity contribution in [1.29, 1.82) is 0 Å². The Balaban J connectivity index is 1.75. The number of fused-ring (bicyclic) bond motifs is 1. The molecule has 3 atom stereocenters. The molecule has 0 amide bonds. The zero-order valence-corrected chi connectivity index (χ0v) is 13.7. The molecule has 3 rings (SSSR count). The van der Waals surface area contributed by atoms with Gasteiger partial charge in [0.1, 0.15) is 0 Å². The summed E-state index contributed by atoms with van der Waals surface area (Å²) in [5.41, 5.74) is 0. The summed E-state index contributed by atoms with van der Waals surface area (Å²) in [6, 6.07) is 2.67. The second-order valence-corrected chi connectivity index (χ2v) is 8.50. The molecular weight excluding hydrogens is 330 g/mol. The highest BCUT2D eigenvalue weighted by Crippen LogP contribution is 2.57. The first-order valence-electron chi connectivity index (χ1n) is 6.87. The molecule has 0 aliphatic heterocycles. The van der Waals surface area contributed by atoms with Crippen LogP contribution in [0.2, 0.25) is 5.02 Å². The average molecular weight is 349 g/mol. The number of hydrogen-bond acceptors (Lipinski definition) is 2. The molecular formula is C14H19BrClNS. The number of thiophene rings is 1. The molecule has 1 aromatic heterocycles. The Kier molecular flexibility index (Phi) is 4.05. The van der Waals surface area contributed by atoms with E-state index in [1.807, 2.05) is 0 Å². The molecule has 2 saturated carbocycles. The van der Waals surface area contributed by atoms with Gasteiger partial charge >= 0.3 is 0 Å². The van der Waals surface area contributed by atoms with Crippen molar-refractivity contribution in [3.63, 3.8) is 0 Å². The standard InChI is InChI=1S/C14H19BrClNS/c1-2-3-17-13(10-5-8-4-9(8)6-10)12-7-11(16)14(15)18-12/h7-10,13,17H,2-6H2,1H3. The quantitative estimate of drug-likeness (QED) is 0.766. The molecule has 3 unspecified atom stereocenters. The van der Waals surface area contributed by atoms with Gasteiger partial charge in [-0.2, -0.15) is 0 Å². The third-order valence-corrected chi connectivity index (χ3v) is 6.89. The third kappa shape index (κ3) is 2.65. The lowest BCUT2D eigenvalue weighted by atomic mass is 9.93. The van der Waals surface area contributed by atoms with Crippen molar-refractivity contribution in [1.82, 2.24) is 5.32 Å². The summed E-state index contributed by atoms with van der Waals surface area (Å²) in [5, 5.41) is 4.60. The highest BCUT2D eigenvalue weighted by molar-refractivity contribution is 9.11. The molecule has 0 spiro atoms. The van der Waals surface area contributed by atoms with E-state index in [0.29, 0.717) is 6.04 Å². The van der Waals surface area contributed by atoms with Crippen LogP contribution in [0.15, 0.2) is 9.85 Å². The van der Waals surface area contributed by atoms with Crippen LogP contribution in [-0.4, -0.2) is 6.54 Å². The van der Waals surface area contributed by atoms with E-state index in [4.69, 9.17) is 11.6 Å². The molecule has 0 saturated heterocycles. The Hall–Kier alpha value is 0.430. The van der Waals surface area contributed by atoms with Crippen LogP contribution in [-0.2, 0) is 0 Å². The molecule has 1 nitrogen and oxygen atoms in total. The summed E-state index contributed by atoms with van der Waals surface area (Å²) >= 11 is 11.5. The van der Waals surface area contributed by atoms with Gasteiger partial charge in [0.25, 0.3) is 0 Å². The monoisotopic (exact) mass is 347 g/mol. The molecule has 2 aliphatic rings. The van der Waals surface area contributed by atoms with E-state index in [0.717, 1.165) is 33.1 Å². The fourth-order valence-corrected chi connectivity index (χ4v) is 5.27. The van der Waals surface area contributed by atoms with Crippen molar-refractivity contribution in [2.45, 2.75) is 38.6 Å². The van der Waals surface area contributed by atoms with Crippen LogP contribution in [0.4, 0.5) is 0 Å². The number of halogens is 2. The summed E-state index contributed by atoms with van der Waals surface area (Å²) in [6.45, 7) is 3.33. The van der Waals surface area contributed by atoms with Gasteiger partial charge < -0.3 is 5.32 Å². The first kappa shape index (κ1) is 13.4. The summed E-state index contributed by atoms with van der Waals surface area (Å²) in [4.78, 5) is 1.41. The van der Waals surface area contributed by atoms with Gasteiger partial charge in [0, 0.05) is 10.9 Å². The van der Waals surface area contributed by atoms with Gasteiger partial charge in [0.2, 0.25) is 0 Å². The predicted molar refractivity (Wildman–Crippen MR) is 82.4 cm³/mol. The van der Waals surface area contributed by atoms with Crippen molar-refractivity contribution in [3.05, 3.63) is 19.8 Å². The molecule has 1 aromatic rings. The lowest BCUT2D eigenvalue weighted by molar-refractivity contribution is 0.346. The van der Waals surface area contributed by atoms with Crippen LogP contribution in [0.25, 0.3) is 0 Å². The molecule has 100 valence electrons. The van der Waals surface area contributed by atoms with Gasteiger partial charge in [-0.05, 0) is 72.0 Å². The van der Waals surface area contributed by atoms with Crippen LogP contribution < -0.4 is 5.32 Å². The first-order valence-corrected chi connectivity index (χ1v) is 8.86. The smallest absolute Gasteiger partial charge is 0.0887 e. The SMILES string of the molecule is CCCNC(c1cc(Cl)c(Br)s1)C1CC2CC2C1. The Morgan fingerprint density at radius 3 is 2.72 bits per heavy atom. The second-order valence-electron chi connectivity index (χ2n) is 5.69. The number of nitrogens with one attached hydrogen (secondary N) is 1. The number of hydrogen-bond donors (Lipinski definition) is 1. The normalized spacial score (nSPS) is 31.4. The molecule has 4 heteroatoms. The van der Waals surface area contributed by atoms with Crippen LogP contribution in [0.1, 0.15) is 43.5 Å². The van der Waals surface area contributed by atoms with Crippen molar-refractivity contribution in [2.24, 2.45) is 17.8 Å². The fraction of sp³-hybridized carbons (Fsp3) is 0.714. The molecule has 2 fully saturated rings. The van der Waals surface area contributed by atoms with Gasteiger partial charge in [-0.25, -0.2) is 0 Å². The van der Waals surface area contributed by atoms with Crippen LogP contribution in [0.3, 0.4) is 0 Å². The molecule has 1 heterocycles. The maximum Gasteiger partial charge on any atom is 0.0887 e. The topological polar surface area (TPSA) is 12.0 Å². The summed E-state index contributed by atoms with van der Waals surface area (Å²) in [6.07, 6.45) is 5.51. The average Bonchev–Trinajstić information content (AvgIpc) is 2.81. The summed E-state index contributed by atoms with van der Waals surface area (Å²) in [7, 11) is 0. The Bertz CT molecular complexity index is 404. The fourth-order valence-electron chi connectivity index (χ4n) is 3.35. The van der Waals surface area contributed by atoms with Gasteiger partial charge in [-0.3, -0.25) is 0 Å². The van der Waals surface area contributed by atoms with Crippen LogP contribution in [0, 0.1) is 17.8 Å². The predicted octanol–water partition coefficient (Wildman–Crippen LogP) is 5.25. The molecule has 18 heavy (non-hydrogen) atoms. The lowest BCUT2D eigenvalue weighted by Crippen LogP contribution is -2.27. The van der Waals surface area contributed by atoms with E-state index >= 15 is 0 Å². The Labute approximate surface area is 126 Å². The minimum Gasteiger partial charge on any atom is -0.309 e.